The zero-order valence-corrected chi connectivity index (χ0v) is 12.1. The molecule has 4 heteroatoms. The molecule has 0 aliphatic heterocycles. The van der Waals surface area contributed by atoms with Crippen LogP contribution in [-0.4, -0.2) is 18.5 Å². The van der Waals surface area contributed by atoms with Crippen molar-refractivity contribution in [3.05, 3.63) is 22.6 Å². The topological polar surface area (TPSA) is 68.3 Å². The summed E-state index contributed by atoms with van der Waals surface area (Å²) in [5, 5.41) is 3.15. The quantitative estimate of drug-likeness (QED) is 0.881. The Labute approximate surface area is 114 Å². The number of carbonyl (C=O) groups excluding carboxylic acids is 1. The molecule has 4 nitrogen and oxygen atoms in total. The molecule has 2 rings (SSSR count). The summed E-state index contributed by atoms with van der Waals surface area (Å²) in [5.74, 6) is 1.91. The second-order valence-electron chi connectivity index (χ2n) is 5.57. The number of nitrogens with two attached hydrogens (primary N) is 1. The van der Waals surface area contributed by atoms with Crippen molar-refractivity contribution < 1.29 is 9.21 Å². The highest BCUT2D eigenvalue weighted by Crippen LogP contribution is 2.25. The summed E-state index contributed by atoms with van der Waals surface area (Å²) in [6.45, 7) is 6.31. The third-order valence-corrected chi connectivity index (χ3v) is 4.32. The number of carbonyl (C=O) groups is 1. The molecule has 1 fully saturated rings. The van der Waals surface area contributed by atoms with E-state index in [4.69, 9.17) is 10.2 Å². The number of rotatable bonds is 3. The Morgan fingerprint density at radius 2 is 1.95 bits per heavy atom. The predicted molar refractivity (Wildman–Crippen MR) is 75.2 cm³/mol. The minimum absolute atomic E-state index is 0.0165. The number of hydrogen-bond donors (Lipinski definition) is 2. The number of hydrogen-bond acceptors (Lipinski definition) is 3. The van der Waals surface area contributed by atoms with Gasteiger partial charge in [0.1, 0.15) is 11.5 Å². The van der Waals surface area contributed by atoms with Crippen LogP contribution in [0.1, 0.15) is 53.1 Å². The maximum absolute atomic E-state index is 12.4. The normalized spacial score (nSPS) is 23.4. The first-order valence-electron chi connectivity index (χ1n) is 7.12. The number of aryl methyl sites for hydroxylation is 2. The number of amides is 1. The highest BCUT2D eigenvalue weighted by molar-refractivity contribution is 5.97. The van der Waals surface area contributed by atoms with E-state index in [0.717, 1.165) is 24.2 Å². The average Bonchev–Trinajstić information content (AvgIpc) is 2.64. The summed E-state index contributed by atoms with van der Waals surface area (Å²) in [6.07, 6.45) is 4.54. The Bertz CT molecular complexity index is 465. The Morgan fingerprint density at radius 1 is 1.26 bits per heavy atom. The van der Waals surface area contributed by atoms with Crippen molar-refractivity contribution in [2.45, 2.75) is 52.5 Å². The molecule has 0 bridgehead atoms. The zero-order valence-electron chi connectivity index (χ0n) is 12.1. The fourth-order valence-electron chi connectivity index (χ4n) is 3.05. The van der Waals surface area contributed by atoms with E-state index < -0.39 is 0 Å². The molecule has 0 aromatic carbocycles. The molecule has 0 radical (unpaired) electrons. The van der Waals surface area contributed by atoms with Gasteiger partial charge in [0.15, 0.2) is 0 Å². The van der Waals surface area contributed by atoms with Crippen molar-refractivity contribution in [3.8, 4) is 0 Å². The summed E-state index contributed by atoms with van der Waals surface area (Å²) in [5.41, 5.74) is 7.44. The van der Waals surface area contributed by atoms with Gasteiger partial charge in [0.05, 0.1) is 5.56 Å². The SMILES string of the molecule is Cc1oc(C)c(C(=O)NC2CCCCC2CN)c1C. The van der Waals surface area contributed by atoms with Crippen molar-refractivity contribution >= 4 is 5.91 Å². The van der Waals surface area contributed by atoms with Gasteiger partial charge in [-0.1, -0.05) is 12.8 Å². The molecule has 1 aliphatic rings. The lowest BCUT2D eigenvalue weighted by Gasteiger charge is -2.31. The van der Waals surface area contributed by atoms with E-state index in [-0.39, 0.29) is 11.9 Å². The molecule has 1 aliphatic carbocycles. The molecule has 19 heavy (non-hydrogen) atoms. The molecule has 1 amide bonds. The summed E-state index contributed by atoms with van der Waals surface area (Å²) >= 11 is 0. The van der Waals surface area contributed by atoms with E-state index in [1.165, 1.54) is 12.8 Å². The molecule has 1 saturated carbocycles. The molecule has 2 atom stereocenters. The van der Waals surface area contributed by atoms with Crippen LogP contribution in [0.15, 0.2) is 4.42 Å². The van der Waals surface area contributed by atoms with Gasteiger partial charge in [-0.05, 0) is 46.1 Å². The van der Waals surface area contributed by atoms with Crippen LogP contribution in [0.5, 0.6) is 0 Å². The van der Waals surface area contributed by atoms with Crippen molar-refractivity contribution in [3.63, 3.8) is 0 Å². The Hall–Kier alpha value is -1.29. The van der Waals surface area contributed by atoms with Crippen LogP contribution in [0.25, 0.3) is 0 Å². The third kappa shape index (κ3) is 2.84. The second kappa shape index (κ2) is 5.78. The predicted octanol–water partition coefficient (Wildman–Crippen LogP) is 2.45. The van der Waals surface area contributed by atoms with E-state index in [1.54, 1.807) is 0 Å². The fourth-order valence-corrected chi connectivity index (χ4v) is 3.05. The average molecular weight is 264 g/mol. The fraction of sp³-hybridized carbons (Fsp3) is 0.667. The standard InChI is InChI=1S/C15H24N2O2/c1-9-10(2)19-11(3)14(9)15(18)17-13-7-5-4-6-12(13)8-16/h12-13H,4-8,16H2,1-3H3,(H,17,18). The summed E-state index contributed by atoms with van der Waals surface area (Å²) in [7, 11) is 0. The van der Waals surface area contributed by atoms with Crippen LogP contribution in [0.4, 0.5) is 0 Å². The Morgan fingerprint density at radius 3 is 2.53 bits per heavy atom. The monoisotopic (exact) mass is 264 g/mol. The Balaban J connectivity index is 2.12. The van der Waals surface area contributed by atoms with E-state index in [2.05, 4.69) is 5.32 Å². The molecule has 2 unspecified atom stereocenters. The molecule has 1 aromatic heterocycles. The first-order chi connectivity index (χ1) is 9.04. The molecular formula is C15H24N2O2. The Kier molecular flexibility index (Phi) is 4.30. The van der Waals surface area contributed by atoms with E-state index >= 15 is 0 Å². The molecule has 3 N–H and O–H groups in total. The smallest absolute Gasteiger partial charge is 0.255 e. The van der Waals surface area contributed by atoms with Crippen molar-refractivity contribution in [1.82, 2.24) is 5.32 Å². The highest BCUT2D eigenvalue weighted by atomic mass is 16.3. The lowest BCUT2D eigenvalue weighted by atomic mass is 9.84. The molecular weight excluding hydrogens is 240 g/mol. The van der Waals surface area contributed by atoms with Crippen LogP contribution in [0.2, 0.25) is 0 Å². The summed E-state index contributed by atoms with van der Waals surface area (Å²) in [4.78, 5) is 12.4. The van der Waals surface area contributed by atoms with Crippen LogP contribution in [0, 0.1) is 26.7 Å². The minimum Gasteiger partial charge on any atom is -0.466 e. The van der Waals surface area contributed by atoms with Crippen molar-refractivity contribution in [1.29, 1.82) is 0 Å². The van der Waals surface area contributed by atoms with Crippen LogP contribution < -0.4 is 11.1 Å². The van der Waals surface area contributed by atoms with Gasteiger partial charge in [0.25, 0.3) is 5.91 Å². The number of nitrogens with one attached hydrogen (secondary N) is 1. The van der Waals surface area contributed by atoms with Crippen LogP contribution in [-0.2, 0) is 0 Å². The van der Waals surface area contributed by atoms with Gasteiger partial charge in [-0.3, -0.25) is 4.79 Å². The molecule has 106 valence electrons. The van der Waals surface area contributed by atoms with E-state index in [1.807, 2.05) is 20.8 Å². The minimum atomic E-state index is -0.0165. The van der Waals surface area contributed by atoms with Gasteiger partial charge < -0.3 is 15.5 Å². The molecule has 1 heterocycles. The maximum atomic E-state index is 12.4. The summed E-state index contributed by atoms with van der Waals surface area (Å²) in [6, 6.07) is 0.209. The van der Waals surface area contributed by atoms with Crippen LogP contribution >= 0.6 is 0 Å². The molecule has 1 aromatic rings. The largest absolute Gasteiger partial charge is 0.466 e. The van der Waals surface area contributed by atoms with Gasteiger partial charge in [0.2, 0.25) is 0 Å². The van der Waals surface area contributed by atoms with Gasteiger partial charge in [-0.15, -0.1) is 0 Å². The van der Waals surface area contributed by atoms with E-state index in [0.29, 0.717) is 23.8 Å². The van der Waals surface area contributed by atoms with E-state index in [9.17, 15) is 4.79 Å². The first kappa shape index (κ1) is 14.1. The van der Waals surface area contributed by atoms with Gasteiger partial charge in [0, 0.05) is 11.6 Å². The van der Waals surface area contributed by atoms with Crippen LogP contribution in [0.3, 0.4) is 0 Å². The first-order valence-corrected chi connectivity index (χ1v) is 7.12. The molecule has 0 spiro atoms. The number of furan rings is 1. The summed E-state index contributed by atoms with van der Waals surface area (Å²) < 4.78 is 5.52. The van der Waals surface area contributed by atoms with Gasteiger partial charge >= 0.3 is 0 Å². The van der Waals surface area contributed by atoms with Gasteiger partial charge in [-0.25, -0.2) is 0 Å². The van der Waals surface area contributed by atoms with Crippen molar-refractivity contribution in [2.24, 2.45) is 11.7 Å². The second-order valence-corrected chi connectivity index (χ2v) is 5.57. The lowest BCUT2D eigenvalue weighted by molar-refractivity contribution is 0.0906. The third-order valence-electron chi connectivity index (χ3n) is 4.32. The molecule has 0 saturated heterocycles. The zero-order chi connectivity index (χ0) is 14.0. The van der Waals surface area contributed by atoms with Gasteiger partial charge in [-0.2, -0.15) is 0 Å². The van der Waals surface area contributed by atoms with Crippen molar-refractivity contribution in [2.75, 3.05) is 6.54 Å². The maximum Gasteiger partial charge on any atom is 0.255 e. The highest BCUT2D eigenvalue weighted by Gasteiger charge is 2.27. The lowest BCUT2D eigenvalue weighted by Crippen LogP contribution is -2.44.